The van der Waals surface area contributed by atoms with E-state index in [2.05, 4.69) is 4.39 Å². The van der Waals surface area contributed by atoms with Crippen molar-refractivity contribution in [1.29, 1.82) is 0 Å². The fraction of sp³-hybridized carbons (Fsp3) is 0. The van der Waals surface area contributed by atoms with Gasteiger partial charge in [-0.1, -0.05) is 4.39 Å². The zero-order valence-electron chi connectivity index (χ0n) is 1.64. The van der Waals surface area contributed by atoms with Crippen LogP contribution in [0.25, 0.3) is 0 Å². The van der Waals surface area contributed by atoms with E-state index >= 15 is 0 Å². The Morgan fingerprint density at radius 1 is 1.80 bits per heavy atom. The molecule has 0 saturated carbocycles. The first-order valence-electron chi connectivity index (χ1n) is 0.519. The molecule has 0 aromatic heterocycles. The minimum absolute atomic E-state index is 0. The van der Waals surface area contributed by atoms with Crippen molar-refractivity contribution in [2.45, 2.75) is 0 Å². The third kappa shape index (κ3) is 10.7. The molecule has 2 nitrogen and oxygen atoms in total. The molecule has 0 aromatic rings. The Morgan fingerprint density at radius 2 is 2.00 bits per heavy atom. The molecule has 5 heavy (non-hydrogen) atoms. The van der Waals surface area contributed by atoms with Gasteiger partial charge in [-0.25, -0.2) is 4.21 Å². The van der Waals surface area contributed by atoms with E-state index < -0.39 is 11.9 Å². The van der Waals surface area contributed by atoms with Gasteiger partial charge < -0.3 is 0 Å². The zero-order valence-corrected chi connectivity index (χ0v) is 2.54. The summed E-state index contributed by atoms with van der Waals surface area (Å²) in [6.45, 7) is 0. The summed E-state index contributed by atoms with van der Waals surface area (Å²) in [5, 5.41) is 0. The zero-order chi connectivity index (χ0) is 3.41. The summed E-state index contributed by atoms with van der Waals surface area (Å²) < 4.78 is 21.0. The topological polar surface area (TPSA) is 26.3 Å². The van der Waals surface area contributed by atoms with Crippen molar-refractivity contribution >= 4 is 63.3 Å². The van der Waals surface area contributed by atoms with Gasteiger partial charge in [0.2, 0.25) is 0 Å². The Labute approximate surface area is 75.1 Å². The molecule has 0 heterocycles. The van der Waals surface area contributed by atoms with Crippen LogP contribution >= 0.6 is 0 Å². The number of rotatable bonds is 1. The summed E-state index contributed by atoms with van der Waals surface area (Å²) in [4.78, 5) is 0. The quantitative estimate of drug-likeness (QED) is 0.362. The molecule has 0 aliphatic rings. The maximum atomic E-state index is 9.90. The number of halogens is 1. The van der Waals surface area contributed by atoms with Crippen LogP contribution in [0.2, 0.25) is 0 Å². The van der Waals surface area contributed by atoms with Crippen molar-refractivity contribution < 1.29 is 13.1 Å². The molecule has 0 fully saturated rings. The molecule has 0 spiro atoms. The molecule has 0 aromatic carbocycles. The van der Waals surface area contributed by atoms with E-state index in [0.717, 1.165) is 0 Å². The summed E-state index contributed by atoms with van der Waals surface area (Å²) in [5.41, 5.74) is 0. The minimum atomic E-state index is -0.918. The Morgan fingerprint density at radius 3 is 2.00 bits per heavy atom. The van der Waals surface area contributed by atoms with E-state index in [1.54, 1.807) is 0 Å². The monoisotopic (exact) mass is 124 g/mol. The van der Waals surface area contributed by atoms with E-state index in [9.17, 15) is 4.53 Å². The van der Waals surface area contributed by atoms with Gasteiger partial charge in [-0.15, -0.1) is 0 Å². The summed E-state index contributed by atoms with van der Waals surface area (Å²) in [6, 6.07) is 0. The summed E-state index contributed by atoms with van der Waals surface area (Å²) in [5.74, 6) is 0. The van der Waals surface area contributed by atoms with Gasteiger partial charge in [-0.3, -0.25) is 0 Å². The molecule has 0 saturated heterocycles. The second-order valence-corrected chi connectivity index (χ2v) is 0.431. The standard InChI is InChI=1S/FHO2S.K.H/c1-3-4-2;;/h4H;;. The third-order valence-electron chi connectivity index (χ3n) is 0.0282. The van der Waals surface area contributed by atoms with Gasteiger partial charge in [0.05, 0.1) is 0 Å². The molecular weight excluding hydrogens is 122 g/mol. The van der Waals surface area contributed by atoms with Crippen LogP contribution in [0, 0.1) is 0 Å². The molecule has 0 radical (unpaired) electrons. The third-order valence-corrected chi connectivity index (χ3v) is 0.0845. The van der Waals surface area contributed by atoms with Crippen LogP contribution in [0.4, 0.5) is 4.53 Å². The second-order valence-electron chi connectivity index (χ2n) is 0.144. The van der Waals surface area contributed by atoms with Crippen molar-refractivity contribution in [3.63, 3.8) is 0 Å². The van der Waals surface area contributed by atoms with Gasteiger partial charge >= 0.3 is 51.4 Å². The van der Waals surface area contributed by atoms with Crippen LogP contribution < -0.4 is 0 Å². The molecule has 5 heteroatoms. The van der Waals surface area contributed by atoms with Crippen molar-refractivity contribution in [1.82, 2.24) is 0 Å². The Kier molecular flexibility index (Phi) is 18.1. The molecule has 0 amide bonds. The fourth-order valence-electron chi connectivity index (χ4n) is 0. The van der Waals surface area contributed by atoms with Crippen molar-refractivity contribution in [3.05, 3.63) is 0 Å². The average molecular weight is 124 g/mol. The normalized spacial score (nSPS) is 5.80. The predicted molar refractivity (Wildman–Crippen MR) is 18.9 cm³/mol. The van der Waals surface area contributed by atoms with E-state index in [0.29, 0.717) is 0 Å². The van der Waals surface area contributed by atoms with Gasteiger partial charge in [0.25, 0.3) is 0 Å². The van der Waals surface area contributed by atoms with Gasteiger partial charge in [-0.05, 0) is 4.53 Å². The number of hydrogen-bond acceptors (Lipinski definition) is 2. The maximum absolute atomic E-state index is 9.90. The molecule has 0 bridgehead atoms. The van der Waals surface area contributed by atoms with Crippen molar-refractivity contribution in [2.24, 2.45) is 0 Å². The molecule has 0 N–H and O–H groups in total. The van der Waals surface area contributed by atoms with E-state index in [1.165, 1.54) is 0 Å². The predicted octanol–water partition coefficient (Wildman–Crippen LogP) is -0.901. The van der Waals surface area contributed by atoms with Crippen LogP contribution in [0.15, 0.2) is 0 Å². The first-order chi connectivity index (χ1) is 1.91. The molecule has 0 unspecified atom stereocenters. The van der Waals surface area contributed by atoms with Crippen molar-refractivity contribution in [3.8, 4) is 0 Å². The Hall–Kier alpha value is 1.68. The molecule has 0 aliphatic heterocycles. The Bertz CT molecular complexity index is 23.6. The van der Waals surface area contributed by atoms with Crippen LogP contribution in [0.5, 0.6) is 0 Å². The molecular formula is H2FKO2S. The first-order valence-corrected chi connectivity index (χ1v) is 1.25. The van der Waals surface area contributed by atoms with Gasteiger partial charge in [-0.2, -0.15) is 0 Å². The second kappa shape index (κ2) is 9.18. The van der Waals surface area contributed by atoms with Crippen LogP contribution in [-0.2, 0) is 16.3 Å². The van der Waals surface area contributed by atoms with E-state index in [-0.39, 0.29) is 51.4 Å². The average Bonchev–Trinajstić information content (AvgIpc) is 1.37. The van der Waals surface area contributed by atoms with Crippen LogP contribution in [-0.4, -0.2) is 55.6 Å². The molecule has 0 atom stereocenters. The Balaban J connectivity index is 0. The van der Waals surface area contributed by atoms with E-state index in [4.69, 9.17) is 4.21 Å². The number of hydrogen-bond donors (Lipinski definition) is 1. The van der Waals surface area contributed by atoms with E-state index in [1.807, 2.05) is 0 Å². The fourth-order valence-corrected chi connectivity index (χ4v) is 0. The van der Waals surface area contributed by atoms with Gasteiger partial charge in [0.15, 0.2) is 11.9 Å². The SMILES string of the molecule is O=[SH]OF.[KH]. The van der Waals surface area contributed by atoms with Crippen LogP contribution in [0.3, 0.4) is 0 Å². The summed E-state index contributed by atoms with van der Waals surface area (Å²) in [6.07, 6.45) is 0. The van der Waals surface area contributed by atoms with Crippen molar-refractivity contribution in [2.75, 3.05) is 0 Å². The molecule has 28 valence electrons. The number of thiol groups is 1. The first kappa shape index (κ1) is 9.84. The molecule has 0 aliphatic carbocycles. The molecule has 0 rings (SSSR count). The van der Waals surface area contributed by atoms with Gasteiger partial charge in [0, 0.05) is 0 Å². The van der Waals surface area contributed by atoms with Gasteiger partial charge in [0.1, 0.15) is 0 Å². The van der Waals surface area contributed by atoms with Crippen LogP contribution in [0.1, 0.15) is 0 Å². The summed E-state index contributed by atoms with van der Waals surface area (Å²) in [7, 11) is 0. The summed E-state index contributed by atoms with van der Waals surface area (Å²) >= 11 is -0.918.